The number of ether oxygens (including phenoxy) is 2. The number of carbonyl (C=O) groups excluding carboxylic acids is 1. The number of hydrogen-bond donors (Lipinski definition) is 1. The van der Waals surface area contributed by atoms with Crippen molar-refractivity contribution in [2.75, 3.05) is 27.3 Å². The maximum atomic E-state index is 12.3. The van der Waals surface area contributed by atoms with Gasteiger partial charge in [0.1, 0.15) is 24.2 Å². The van der Waals surface area contributed by atoms with E-state index in [4.69, 9.17) is 9.47 Å². The van der Waals surface area contributed by atoms with Gasteiger partial charge in [0.15, 0.2) is 0 Å². The van der Waals surface area contributed by atoms with Gasteiger partial charge in [-0.05, 0) is 48.5 Å². The minimum absolute atomic E-state index is 0.101. The van der Waals surface area contributed by atoms with E-state index in [0.717, 1.165) is 10.2 Å². The lowest BCUT2D eigenvalue weighted by molar-refractivity contribution is 0.0563. The summed E-state index contributed by atoms with van der Waals surface area (Å²) >= 11 is 3.33. The minimum atomic E-state index is -0.781. The Balaban J connectivity index is 1.83. The Morgan fingerprint density at radius 2 is 1.71 bits per heavy atom. The van der Waals surface area contributed by atoms with Gasteiger partial charge in [-0.3, -0.25) is 4.79 Å². The van der Waals surface area contributed by atoms with Crippen molar-refractivity contribution in [1.82, 2.24) is 4.90 Å². The number of hydrogen-bond acceptors (Lipinski definition) is 4. The van der Waals surface area contributed by atoms with Crippen LogP contribution in [0.2, 0.25) is 0 Å². The number of benzene rings is 2. The summed E-state index contributed by atoms with van der Waals surface area (Å²) in [7, 11) is 3.25. The molecule has 0 saturated carbocycles. The standard InChI is InChI=1S/C18H20BrNO4/c1-20(18(22)13-3-5-14(19)6-4-13)11-15(21)12-24-17-9-7-16(23-2)8-10-17/h3-10,15,21H,11-12H2,1-2H3. The molecule has 1 unspecified atom stereocenters. The van der Waals surface area contributed by atoms with Crippen LogP contribution in [-0.2, 0) is 0 Å². The van der Waals surface area contributed by atoms with Crippen molar-refractivity contribution >= 4 is 21.8 Å². The van der Waals surface area contributed by atoms with Gasteiger partial charge in [0.05, 0.1) is 7.11 Å². The average Bonchev–Trinajstić information content (AvgIpc) is 2.60. The average molecular weight is 394 g/mol. The largest absolute Gasteiger partial charge is 0.497 e. The molecule has 0 saturated heterocycles. The molecule has 1 atom stereocenters. The van der Waals surface area contributed by atoms with Crippen LogP contribution in [0.5, 0.6) is 11.5 Å². The van der Waals surface area contributed by atoms with Crippen molar-refractivity contribution < 1.29 is 19.4 Å². The third kappa shape index (κ3) is 5.25. The van der Waals surface area contributed by atoms with Gasteiger partial charge in [-0.1, -0.05) is 15.9 Å². The third-order valence-electron chi connectivity index (χ3n) is 3.42. The van der Waals surface area contributed by atoms with Gasteiger partial charge >= 0.3 is 0 Å². The maximum Gasteiger partial charge on any atom is 0.253 e. The van der Waals surface area contributed by atoms with E-state index in [1.807, 2.05) is 12.1 Å². The highest BCUT2D eigenvalue weighted by Crippen LogP contribution is 2.17. The smallest absolute Gasteiger partial charge is 0.253 e. The molecule has 1 N–H and O–H groups in total. The summed E-state index contributed by atoms with van der Waals surface area (Å²) in [5.74, 6) is 1.23. The summed E-state index contributed by atoms with van der Waals surface area (Å²) in [6.45, 7) is 0.287. The van der Waals surface area contributed by atoms with Crippen LogP contribution in [0.25, 0.3) is 0 Å². The lowest BCUT2D eigenvalue weighted by atomic mass is 10.2. The van der Waals surface area contributed by atoms with Gasteiger partial charge < -0.3 is 19.5 Å². The van der Waals surface area contributed by atoms with Crippen LogP contribution in [0, 0.1) is 0 Å². The Morgan fingerprint density at radius 3 is 2.29 bits per heavy atom. The molecule has 0 bridgehead atoms. The summed E-state index contributed by atoms with van der Waals surface area (Å²) in [6.07, 6.45) is -0.781. The normalized spacial score (nSPS) is 11.7. The number of carbonyl (C=O) groups is 1. The van der Waals surface area contributed by atoms with Gasteiger partial charge in [0, 0.05) is 23.6 Å². The van der Waals surface area contributed by atoms with Crippen LogP contribution in [0.1, 0.15) is 10.4 Å². The monoisotopic (exact) mass is 393 g/mol. The van der Waals surface area contributed by atoms with Crippen LogP contribution < -0.4 is 9.47 Å². The molecule has 0 aliphatic rings. The number of amides is 1. The zero-order valence-corrected chi connectivity index (χ0v) is 15.2. The molecule has 0 fully saturated rings. The lowest BCUT2D eigenvalue weighted by Gasteiger charge is -2.21. The Bertz CT molecular complexity index is 658. The molecule has 0 aliphatic carbocycles. The zero-order valence-electron chi connectivity index (χ0n) is 13.6. The Labute approximate surface area is 149 Å². The summed E-state index contributed by atoms with van der Waals surface area (Å²) in [4.78, 5) is 13.8. The molecule has 1 amide bonds. The Kier molecular flexibility index (Phi) is 6.63. The van der Waals surface area contributed by atoms with E-state index in [9.17, 15) is 9.90 Å². The molecule has 24 heavy (non-hydrogen) atoms. The van der Waals surface area contributed by atoms with Crippen molar-refractivity contribution in [2.24, 2.45) is 0 Å². The molecule has 0 aromatic heterocycles. The number of nitrogens with zero attached hydrogens (tertiary/aromatic N) is 1. The van der Waals surface area contributed by atoms with Crippen molar-refractivity contribution in [3.8, 4) is 11.5 Å². The number of aliphatic hydroxyl groups excluding tert-OH is 1. The topological polar surface area (TPSA) is 59.0 Å². The van der Waals surface area contributed by atoms with E-state index in [1.54, 1.807) is 50.6 Å². The first-order valence-corrected chi connectivity index (χ1v) is 8.25. The van der Waals surface area contributed by atoms with Crippen molar-refractivity contribution in [3.05, 3.63) is 58.6 Å². The molecular weight excluding hydrogens is 374 g/mol. The summed E-state index contributed by atoms with van der Waals surface area (Å²) in [5, 5.41) is 10.1. The van der Waals surface area contributed by atoms with Crippen LogP contribution in [0.3, 0.4) is 0 Å². The molecule has 0 aliphatic heterocycles. The van der Waals surface area contributed by atoms with Crippen molar-refractivity contribution in [3.63, 3.8) is 0 Å². The fourth-order valence-corrected chi connectivity index (χ4v) is 2.39. The van der Waals surface area contributed by atoms with Crippen molar-refractivity contribution in [2.45, 2.75) is 6.10 Å². The maximum absolute atomic E-state index is 12.3. The zero-order chi connectivity index (χ0) is 17.5. The molecule has 6 heteroatoms. The van der Waals surface area contributed by atoms with Crippen LogP contribution in [-0.4, -0.2) is 49.3 Å². The van der Waals surface area contributed by atoms with Gasteiger partial charge in [-0.25, -0.2) is 0 Å². The first-order chi connectivity index (χ1) is 11.5. The van der Waals surface area contributed by atoms with Gasteiger partial charge in [-0.2, -0.15) is 0 Å². The second-order valence-corrected chi connectivity index (χ2v) is 6.25. The van der Waals surface area contributed by atoms with E-state index in [2.05, 4.69) is 15.9 Å². The number of methoxy groups -OCH3 is 1. The summed E-state index contributed by atoms with van der Waals surface area (Å²) < 4.78 is 11.5. The summed E-state index contributed by atoms with van der Waals surface area (Å²) in [5.41, 5.74) is 0.573. The Morgan fingerprint density at radius 1 is 1.12 bits per heavy atom. The molecule has 2 aromatic carbocycles. The van der Waals surface area contributed by atoms with E-state index < -0.39 is 6.10 Å². The summed E-state index contributed by atoms with van der Waals surface area (Å²) in [6, 6.07) is 14.2. The van der Waals surface area contributed by atoms with E-state index in [1.165, 1.54) is 4.90 Å². The molecule has 5 nitrogen and oxygen atoms in total. The number of halogens is 1. The van der Waals surface area contributed by atoms with Crippen LogP contribution >= 0.6 is 15.9 Å². The third-order valence-corrected chi connectivity index (χ3v) is 3.95. The highest BCUT2D eigenvalue weighted by atomic mass is 79.9. The molecule has 0 heterocycles. The van der Waals surface area contributed by atoms with E-state index in [-0.39, 0.29) is 19.1 Å². The second kappa shape index (κ2) is 8.70. The predicted molar refractivity (Wildman–Crippen MR) is 95.6 cm³/mol. The molecule has 0 radical (unpaired) electrons. The van der Waals surface area contributed by atoms with Gasteiger partial charge in [-0.15, -0.1) is 0 Å². The van der Waals surface area contributed by atoms with E-state index >= 15 is 0 Å². The van der Waals surface area contributed by atoms with Crippen LogP contribution in [0.4, 0.5) is 0 Å². The Hall–Kier alpha value is -2.05. The lowest BCUT2D eigenvalue weighted by Crippen LogP contribution is -2.37. The first-order valence-electron chi connectivity index (χ1n) is 7.45. The molecule has 128 valence electrons. The number of aliphatic hydroxyl groups is 1. The molecule has 2 aromatic rings. The molecule has 2 rings (SSSR count). The van der Waals surface area contributed by atoms with E-state index in [0.29, 0.717) is 11.3 Å². The fourth-order valence-electron chi connectivity index (χ4n) is 2.13. The molecule has 0 spiro atoms. The fraction of sp³-hybridized carbons (Fsp3) is 0.278. The predicted octanol–water partition coefficient (Wildman–Crippen LogP) is 2.97. The van der Waals surface area contributed by atoms with Crippen LogP contribution in [0.15, 0.2) is 53.0 Å². The SMILES string of the molecule is COc1ccc(OCC(O)CN(C)C(=O)c2ccc(Br)cc2)cc1. The highest BCUT2D eigenvalue weighted by Gasteiger charge is 2.16. The van der Waals surface area contributed by atoms with Gasteiger partial charge in [0.25, 0.3) is 5.91 Å². The van der Waals surface area contributed by atoms with Crippen molar-refractivity contribution in [1.29, 1.82) is 0 Å². The quantitative estimate of drug-likeness (QED) is 0.785. The van der Waals surface area contributed by atoms with Gasteiger partial charge in [0.2, 0.25) is 0 Å². The first kappa shape index (κ1) is 18.3. The number of likely N-dealkylation sites (N-methyl/N-ethyl adjacent to an activating group) is 1. The number of rotatable bonds is 7. The minimum Gasteiger partial charge on any atom is -0.497 e. The second-order valence-electron chi connectivity index (χ2n) is 5.33. The molecular formula is C18H20BrNO4. The highest BCUT2D eigenvalue weighted by molar-refractivity contribution is 9.10.